The van der Waals surface area contributed by atoms with Crippen LogP contribution in [0.15, 0.2) is 84.9 Å². The molecule has 29 heavy (non-hydrogen) atoms. The molecule has 0 saturated heterocycles. The van der Waals surface area contributed by atoms with Gasteiger partial charge in [0.2, 0.25) is 0 Å². The summed E-state index contributed by atoms with van der Waals surface area (Å²) in [7, 11) is 1.38. The van der Waals surface area contributed by atoms with E-state index in [2.05, 4.69) is 24.3 Å². The van der Waals surface area contributed by atoms with Crippen LogP contribution >= 0.6 is 0 Å². The van der Waals surface area contributed by atoms with Gasteiger partial charge in [0.05, 0.1) is 13.0 Å². The van der Waals surface area contributed by atoms with E-state index in [1.807, 2.05) is 67.6 Å². The summed E-state index contributed by atoms with van der Waals surface area (Å²) >= 11 is 0. The van der Waals surface area contributed by atoms with E-state index >= 15 is 0 Å². The van der Waals surface area contributed by atoms with Crippen molar-refractivity contribution < 1.29 is 14.3 Å². The Hall–Kier alpha value is -3.20. The number of methoxy groups -OCH3 is 1. The molecule has 0 aromatic heterocycles. The zero-order chi connectivity index (χ0) is 20.6. The molecule has 1 atom stereocenters. The second kappa shape index (κ2) is 9.83. The monoisotopic (exact) mass is 386 g/mol. The van der Waals surface area contributed by atoms with Crippen LogP contribution in [0.4, 0.5) is 0 Å². The highest BCUT2D eigenvalue weighted by atomic mass is 16.5. The highest BCUT2D eigenvalue weighted by molar-refractivity contribution is 5.98. The summed E-state index contributed by atoms with van der Waals surface area (Å²) in [6.45, 7) is 1.98. The van der Waals surface area contributed by atoms with Gasteiger partial charge in [-0.05, 0) is 24.5 Å². The van der Waals surface area contributed by atoms with Crippen molar-refractivity contribution in [1.82, 2.24) is 0 Å². The van der Waals surface area contributed by atoms with Crippen LogP contribution in [-0.4, -0.2) is 18.9 Å². The molecule has 0 heterocycles. The third kappa shape index (κ3) is 5.41. The lowest BCUT2D eigenvalue weighted by molar-refractivity contribution is -0.145. The van der Waals surface area contributed by atoms with Crippen LogP contribution in [0.2, 0.25) is 0 Å². The zero-order valence-electron chi connectivity index (χ0n) is 16.9. The van der Waals surface area contributed by atoms with Crippen LogP contribution in [0, 0.1) is 12.8 Å². The van der Waals surface area contributed by atoms with Crippen LogP contribution in [-0.2, 0) is 9.53 Å². The van der Waals surface area contributed by atoms with Gasteiger partial charge in [-0.25, -0.2) is 0 Å². The molecule has 0 saturated carbocycles. The lowest BCUT2D eigenvalue weighted by Gasteiger charge is -2.23. The Morgan fingerprint density at radius 2 is 1.31 bits per heavy atom. The predicted molar refractivity (Wildman–Crippen MR) is 115 cm³/mol. The highest BCUT2D eigenvalue weighted by Crippen LogP contribution is 2.33. The fourth-order valence-electron chi connectivity index (χ4n) is 3.63. The number of esters is 1. The average molecular weight is 386 g/mol. The smallest absolute Gasteiger partial charge is 0.309 e. The van der Waals surface area contributed by atoms with Crippen LogP contribution in [0.5, 0.6) is 0 Å². The largest absolute Gasteiger partial charge is 0.469 e. The molecule has 3 aromatic rings. The number of carbonyl (C=O) groups excluding carboxylic acids is 2. The molecule has 148 valence electrons. The molecule has 1 unspecified atom stereocenters. The zero-order valence-corrected chi connectivity index (χ0v) is 16.9. The molecular weight excluding hydrogens is 360 g/mol. The quantitative estimate of drug-likeness (QED) is 0.375. The first-order chi connectivity index (χ1) is 14.1. The van der Waals surface area contributed by atoms with E-state index in [-0.39, 0.29) is 24.1 Å². The Bertz CT molecular complexity index is 891. The maximum atomic E-state index is 12.8. The first kappa shape index (κ1) is 20.5. The van der Waals surface area contributed by atoms with E-state index in [0.29, 0.717) is 12.0 Å². The van der Waals surface area contributed by atoms with E-state index in [1.165, 1.54) is 7.11 Å². The molecule has 3 heteroatoms. The SMILES string of the molecule is COC(=O)C(CC(=O)c1ccc(C)cc1)CC(c1ccccc1)c1ccccc1. The van der Waals surface area contributed by atoms with Crippen LogP contribution in [0.3, 0.4) is 0 Å². The van der Waals surface area contributed by atoms with Gasteiger partial charge in [0.1, 0.15) is 0 Å². The number of hydrogen-bond acceptors (Lipinski definition) is 3. The summed E-state index contributed by atoms with van der Waals surface area (Å²) in [5, 5.41) is 0. The predicted octanol–water partition coefficient (Wildman–Crippen LogP) is 5.58. The maximum Gasteiger partial charge on any atom is 0.309 e. The number of ether oxygens (including phenoxy) is 1. The van der Waals surface area contributed by atoms with Crippen LogP contribution < -0.4 is 0 Å². The van der Waals surface area contributed by atoms with E-state index in [0.717, 1.165) is 16.7 Å². The number of carbonyl (C=O) groups is 2. The lowest BCUT2D eigenvalue weighted by Crippen LogP contribution is -2.23. The number of ketones is 1. The van der Waals surface area contributed by atoms with E-state index < -0.39 is 5.92 Å². The van der Waals surface area contributed by atoms with Gasteiger partial charge in [0, 0.05) is 17.9 Å². The summed E-state index contributed by atoms with van der Waals surface area (Å²) < 4.78 is 5.05. The Balaban J connectivity index is 1.87. The number of Topliss-reactive ketones (excluding diaryl/α,β-unsaturated/α-hetero) is 1. The molecule has 3 aromatic carbocycles. The van der Waals surface area contributed by atoms with Gasteiger partial charge in [0.25, 0.3) is 0 Å². The van der Waals surface area contributed by atoms with E-state index in [9.17, 15) is 9.59 Å². The van der Waals surface area contributed by atoms with Gasteiger partial charge in [0.15, 0.2) is 5.78 Å². The van der Waals surface area contributed by atoms with Crippen molar-refractivity contribution in [3.8, 4) is 0 Å². The van der Waals surface area contributed by atoms with Crippen molar-refractivity contribution in [2.24, 2.45) is 5.92 Å². The lowest BCUT2D eigenvalue weighted by atomic mass is 9.81. The summed E-state index contributed by atoms with van der Waals surface area (Å²) in [5.74, 6) is -0.894. The molecule has 0 aliphatic rings. The van der Waals surface area contributed by atoms with Gasteiger partial charge in [-0.3, -0.25) is 9.59 Å². The maximum absolute atomic E-state index is 12.8. The first-order valence-electron chi connectivity index (χ1n) is 9.86. The molecule has 0 aliphatic heterocycles. The molecule has 0 aliphatic carbocycles. The van der Waals surface area contributed by atoms with Crippen LogP contribution in [0.25, 0.3) is 0 Å². The van der Waals surface area contributed by atoms with Crippen molar-refractivity contribution in [3.05, 3.63) is 107 Å². The minimum atomic E-state index is -0.515. The number of aryl methyl sites for hydroxylation is 1. The Labute approximate surface area is 172 Å². The third-order valence-electron chi connectivity index (χ3n) is 5.26. The Kier molecular flexibility index (Phi) is 6.96. The molecule has 0 spiro atoms. The second-order valence-corrected chi connectivity index (χ2v) is 7.32. The summed E-state index contributed by atoms with van der Waals surface area (Å²) in [4.78, 5) is 25.4. The van der Waals surface area contributed by atoms with Gasteiger partial charge >= 0.3 is 5.97 Å². The summed E-state index contributed by atoms with van der Waals surface area (Å²) in [6.07, 6.45) is 0.643. The fourth-order valence-corrected chi connectivity index (χ4v) is 3.63. The normalized spacial score (nSPS) is 11.8. The minimum absolute atomic E-state index is 0.00678. The minimum Gasteiger partial charge on any atom is -0.469 e. The molecule has 3 rings (SSSR count). The number of rotatable bonds is 8. The highest BCUT2D eigenvalue weighted by Gasteiger charge is 2.28. The third-order valence-corrected chi connectivity index (χ3v) is 5.26. The Morgan fingerprint density at radius 3 is 1.79 bits per heavy atom. The second-order valence-electron chi connectivity index (χ2n) is 7.32. The number of benzene rings is 3. The molecule has 0 amide bonds. The van der Waals surface area contributed by atoms with E-state index in [1.54, 1.807) is 0 Å². The molecule has 0 radical (unpaired) electrons. The Morgan fingerprint density at radius 1 is 0.793 bits per heavy atom. The van der Waals surface area contributed by atoms with Crippen molar-refractivity contribution in [1.29, 1.82) is 0 Å². The summed E-state index contributed by atoms with van der Waals surface area (Å²) in [6, 6.07) is 27.7. The topological polar surface area (TPSA) is 43.4 Å². The standard InChI is InChI=1S/C26H26O3/c1-19-13-15-22(16-14-19)25(27)18-23(26(28)29-2)17-24(20-9-5-3-6-10-20)21-11-7-4-8-12-21/h3-16,23-24H,17-18H2,1-2H3. The van der Waals surface area contributed by atoms with Gasteiger partial charge in [-0.15, -0.1) is 0 Å². The average Bonchev–Trinajstić information content (AvgIpc) is 2.77. The van der Waals surface area contributed by atoms with E-state index in [4.69, 9.17) is 4.74 Å². The molecule has 0 fully saturated rings. The molecular formula is C26H26O3. The van der Waals surface area contributed by atoms with Crippen molar-refractivity contribution in [3.63, 3.8) is 0 Å². The van der Waals surface area contributed by atoms with Gasteiger partial charge < -0.3 is 4.74 Å². The fraction of sp³-hybridized carbons (Fsp3) is 0.231. The van der Waals surface area contributed by atoms with Crippen molar-refractivity contribution >= 4 is 11.8 Å². The first-order valence-corrected chi connectivity index (χ1v) is 9.86. The number of hydrogen-bond donors (Lipinski definition) is 0. The molecule has 0 N–H and O–H groups in total. The van der Waals surface area contributed by atoms with Gasteiger partial charge in [-0.1, -0.05) is 90.5 Å². The van der Waals surface area contributed by atoms with Gasteiger partial charge in [-0.2, -0.15) is 0 Å². The molecule has 3 nitrogen and oxygen atoms in total. The van der Waals surface area contributed by atoms with Crippen molar-refractivity contribution in [2.75, 3.05) is 7.11 Å². The molecule has 0 bridgehead atoms. The van der Waals surface area contributed by atoms with Crippen molar-refractivity contribution in [2.45, 2.75) is 25.7 Å². The van der Waals surface area contributed by atoms with Crippen LogP contribution in [0.1, 0.15) is 45.8 Å². The summed E-state index contributed by atoms with van der Waals surface area (Å²) in [5.41, 5.74) is 3.96.